The van der Waals surface area contributed by atoms with Gasteiger partial charge in [-0.25, -0.2) is 0 Å². The molecule has 1 aromatic carbocycles. The van der Waals surface area contributed by atoms with Gasteiger partial charge in [0.05, 0.1) is 0 Å². The molecule has 0 aliphatic rings. The van der Waals surface area contributed by atoms with Crippen LogP contribution < -0.4 is 5.32 Å². The third-order valence-electron chi connectivity index (χ3n) is 3.17. The zero-order valence-corrected chi connectivity index (χ0v) is 11.6. The Hall–Kier alpha value is -2.82. The molecule has 1 atom stereocenters. The van der Waals surface area contributed by atoms with Gasteiger partial charge in [-0.05, 0) is 24.6 Å². The zero-order valence-electron chi connectivity index (χ0n) is 11.6. The first-order chi connectivity index (χ1) is 10.2. The smallest absolute Gasteiger partial charge is 0.253 e. The maximum Gasteiger partial charge on any atom is 0.253 e. The fourth-order valence-corrected chi connectivity index (χ4v) is 2.23. The fraction of sp³-hybridized carbons (Fsp3) is 0.125. The predicted molar refractivity (Wildman–Crippen MR) is 78.9 cm³/mol. The first kappa shape index (κ1) is 13.2. The number of anilines is 1. The Morgan fingerprint density at radius 1 is 1.19 bits per heavy atom. The summed E-state index contributed by atoms with van der Waals surface area (Å²) in [6, 6.07) is 14.6. The van der Waals surface area contributed by atoms with Gasteiger partial charge in [0.15, 0.2) is 5.82 Å². The number of amides is 1. The molecule has 3 rings (SSSR count). The summed E-state index contributed by atoms with van der Waals surface area (Å²) in [6.07, 6.45) is 3.73. The average Bonchev–Trinajstić information content (AvgIpc) is 3.13. The summed E-state index contributed by atoms with van der Waals surface area (Å²) in [6.45, 7) is 1.78. The quantitative estimate of drug-likeness (QED) is 0.799. The van der Waals surface area contributed by atoms with Gasteiger partial charge in [-0.2, -0.15) is 0 Å². The topological polar surface area (TPSA) is 60.1 Å². The minimum Gasteiger partial charge on any atom is -0.360 e. The van der Waals surface area contributed by atoms with Crippen LogP contribution in [0.25, 0.3) is 0 Å². The van der Waals surface area contributed by atoms with Crippen molar-refractivity contribution in [2.24, 2.45) is 0 Å². The lowest BCUT2D eigenvalue weighted by Crippen LogP contribution is -2.26. The highest BCUT2D eigenvalue weighted by Crippen LogP contribution is 2.20. The van der Waals surface area contributed by atoms with Crippen LogP contribution in [0.1, 0.15) is 17.4 Å². The highest BCUT2D eigenvalue weighted by Gasteiger charge is 2.22. The number of nitrogens with zero attached hydrogens (tertiary/aromatic N) is 2. The fourth-order valence-electron chi connectivity index (χ4n) is 2.23. The zero-order chi connectivity index (χ0) is 14.7. The van der Waals surface area contributed by atoms with E-state index < -0.39 is 6.04 Å². The highest BCUT2D eigenvalue weighted by molar-refractivity contribution is 5.95. The number of aromatic nitrogens is 2. The van der Waals surface area contributed by atoms with E-state index >= 15 is 0 Å². The Kier molecular flexibility index (Phi) is 3.55. The molecule has 0 saturated heterocycles. The molecule has 2 heterocycles. The molecule has 0 fully saturated rings. The number of nitrogens with one attached hydrogen (secondary N) is 1. The number of carbonyl (C=O) groups is 1. The maximum absolute atomic E-state index is 12.6. The van der Waals surface area contributed by atoms with Crippen molar-refractivity contribution in [2.75, 3.05) is 5.32 Å². The molecule has 5 nitrogen and oxygen atoms in total. The van der Waals surface area contributed by atoms with Gasteiger partial charge >= 0.3 is 0 Å². The average molecular weight is 281 g/mol. The van der Waals surface area contributed by atoms with Crippen LogP contribution in [0.5, 0.6) is 0 Å². The Morgan fingerprint density at radius 3 is 2.52 bits per heavy atom. The molecule has 0 aliphatic carbocycles. The van der Waals surface area contributed by atoms with Gasteiger partial charge in [0.2, 0.25) is 0 Å². The molecule has 1 N–H and O–H groups in total. The molecule has 0 bridgehead atoms. The molecule has 3 aromatic rings. The second-order valence-corrected chi connectivity index (χ2v) is 4.76. The highest BCUT2D eigenvalue weighted by atomic mass is 16.5. The lowest BCUT2D eigenvalue weighted by atomic mass is 10.1. The first-order valence-corrected chi connectivity index (χ1v) is 6.65. The molecule has 21 heavy (non-hydrogen) atoms. The lowest BCUT2D eigenvalue weighted by molar-refractivity contribution is -0.118. The summed E-state index contributed by atoms with van der Waals surface area (Å²) < 4.78 is 6.83. The molecule has 2 aromatic heterocycles. The third-order valence-corrected chi connectivity index (χ3v) is 3.17. The van der Waals surface area contributed by atoms with Gasteiger partial charge in [0.1, 0.15) is 11.8 Å². The summed E-state index contributed by atoms with van der Waals surface area (Å²) in [5, 5.41) is 6.58. The van der Waals surface area contributed by atoms with Crippen LogP contribution in [0, 0.1) is 6.92 Å². The second-order valence-electron chi connectivity index (χ2n) is 4.76. The Morgan fingerprint density at radius 2 is 1.90 bits per heavy atom. The summed E-state index contributed by atoms with van der Waals surface area (Å²) in [5.74, 6) is 0.916. The van der Waals surface area contributed by atoms with E-state index in [0.29, 0.717) is 11.6 Å². The normalized spacial score (nSPS) is 12.0. The van der Waals surface area contributed by atoms with Gasteiger partial charge in [-0.15, -0.1) is 0 Å². The maximum atomic E-state index is 12.6. The number of hydrogen-bond donors (Lipinski definition) is 1. The lowest BCUT2D eigenvalue weighted by Gasteiger charge is -2.18. The van der Waals surface area contributed by atoms with E-state index in [1.54, 1.807) is 13.0 Å². The monoisotopic (exact) mass is 281 g/mol. The number of rotatable bonds is 4. The van der Waals surface area contributed by atoms with Gasteiger partial charge in [0.25, 0.3) is 5.91 Å². The molecule has 0 aliphatic heterocycles. The minimum absolute atomic E-state index is 0.161. The summed E-state index contributed by atoms with van der Waals surface area (Å²) >= 11 is 0. The van der Waals surface area contributed by atoms with Crippen molar-refractivity contribution in [3.05, 3.63) is 72.2 Å². The van der Waals surface area contributed by atoms with E-state index in [1.807, 2.05) is 59.4 Å². The molecule has 0 saturated carbocycles. The summed E-state index contributed by atoms with van der Waals surface area (Å²) in [4.78, 5) is 12.6. The van der Waals surface area contributed by atoms with E-state index in [-0.39, 0.29) is 5.91 Å². The van der Waals surface area contributed by atoms with E-state index in [0.717, 1.165) is 5.56 Å². The first-order valence-electron chi connectivity index (χ1n) is 6.65. The SMILES string of the molecule is Cc1cc(NC(=O)[C@H](c2ccccc2)n2cccc2)no1. The van der Waals surface area contributed by atoms with Gasteiger partial charge in [-0.3, -0.25) is 4.79 Å². The predicted octanol–water partition coefficient (Wildman–Crippen LogP) is 3.01. The third kappa shape index (κ3) is 2.86. The van der Waals surface area contributed by atoms with E-state index in [1.165, 1.54) is 0 Å². The summed E-state index contributed by atoms with van der Waals surface area (Å²) in [7, 11) is 0. The molecule has 0 radical (unpaired) electrons. The van der Waals surface area contributed by atoms with Crippen LogP contribution in [0.4, 0.5) is 5.82 Å². The molecule has 1 amide bonds. The van der Waals surface area contributed by atoms with Crippen molar-refractivity contribution in [1.82, 2.24) is 9.72 Å². The number of aryl methyl sites for hydroxylation is 1. The van der Waals surface area contributed by atoms with Crippen molar-refractivity contribution >= 4 is 11.7 Å². The van der Waals surface area contributed by atoms with Crippen LogP contribution in [0.2, 0.25) is 0 Å². The van der Waals surface area contributed by atoms with Crippen LogP contribution in [-0.4, -0.2) is 15.6 Å². The van der Waals surface area contributed by atoms with Crippen LogP contribution in [0.3, 0.4) is 0 Å². The molecule has 106 valence electrons. The van der Waals surface area contributed by atoms with Crippen molar-refractivity contribution in [1.29, 1.82) is 0 Å². The Balaban J connectivity index is 1.90. The van der Waals surface area contributed by atoms with Gasteiger partial charge in [-0.1, -0.05) is 35.5 Å². The summed E-state index contributed by atoms with van der Waals surface area (Å²) in [5.41, 5.74) is 0.909. The molecule has 5 heteroatoms. The second kappa shape index (κ2) is 5.66. The van der Waals surface area contributed by atoms with E-state index in [2.05, 4.69) is 10.5 Å². The van der Waals surface area contributed by atoms with Gasteiger partial charge < -0.3 is 14.4 Å². The van der Waals surface area contributed by atoms with Gasteiger partial charge in [0, 0.05) is 18.5 Å². The number of benzene rings is 1. The molecule has 0 spiro atoms. The van der Waals surface area contributed by atoms with Crippen molar-refractivity contribution in [2.45, 2.75) is 13.0 Å². The minimum atomic E-state index is -0.446. The van der Waals surface area contributed by atoms with Crippen LogP contribution >= 0.6 is 0 Å². The van der Waals surface area contributed by atoms with Crippen LogP contribution in [-0.2, 0) is 4.79 Å². The van der Waals surface area contributed by atoms with Crippen molar-refractivity contribution < 1.29 is 9.32 Å². The van der Waals surface area contributed by atoms with E-state index in [9.17, 15) is 4.79 Å². The largest absolute Gasteiger partial charge is 0.360 e. The number of carbonyl (C=O) groups excluding carboxylic acids is 1. The standard InChI is InChI=1S/C16H15N3O2/c1-12-11-14(18-21-12)17-16(20)15(19-9-5-6-10-19)13-7-3-2-4-8-13/h2-11,15H,1H3,(H,17,18,20)/t15-/m0/s1. The molecular formula is C16H15N3O2. The van der Waals surface area contributed by atoms with Crippen molar-refractivity contribution in [3.63, 3.8) is 0 Å². The Labute approximate surface area is 122 Å². The van der Waals surface area contributed by atoms with Crippen molar-refractivity contribution in [3.8, 4) is 0 Å². The molecule has 0 unspecified atom stereocenters. The van der Waals surface area contributed by atoms with Crippen LogP contribution in [0.15, 0.2) is 65.4 Å². The Bertz CT molecular complexity index is 717. The van der Waals surface area contributed by atoms with E-state index in [4.69, 9.17) is 4.52 Å². The number of hydrogen-bond acceptors (Lipinski definition) is 3. The molecular weight excluding hydrogens is 266 g/mol.